The molecular weight excluding hydrogens is 150 g/mol. The minimum atomic E-state index is 0.316. The van der Waals surface area contributed by atoms with Crippen LogP contribution >= 0.6 is 0 Å². The third kappa shape index (κ3) is 1.17. The molecule has 0 aromatic carbocycles. The lowest BCUT2D eigenvalue weighted by atomic mass is 9.77. The van der Waals surface area contributed by atoms with Crippen LogP contribution in [0.15, 0.2) is 0 Å². The van der Waals surface area contributed by atoms with Crippen molar-refractivity contribution in [2.24, 2.45) is 23.0 Å². The van der Waals surface area contributed by atoms with Crippen molar-refractivity contribution in [3.63, 3.8) is 0 Å². The van der Waals surface area contributed by atoms with Crippen molar-refractivity contribution in [3.8, 4) is 0 Å². The van der Waals surface area contributed by atoms with E-state index in [4.69, 9.17) is 10.8 Å². The van der Waals surface area contributed by atoms with Crippen LogP contribution in [0.4, 0.5) is 0 Å². The Morgan fingerprint density at radius 1 is 1.25 bits per heavy atom. The van der Waals surface area contributed by atoms with Crippen LogP contribution in [0.5, 0.6) is 0 Å². The van der Waals surface area contributed by atoms with Crippen LogP contribution in [-0.2, 0) is 0 Å². The van der Waals surface area contributed by atoms with Gasteiger partial charge in [-0.05, 0) is 55.9 Å². The van der Waals surface area contributed by atoms with Gasteiger partial charge in [-0.1, -0.05) is 0 Å². The minimum Gasteiger partial charge on any atom is -0.396 e. The van der Waals surface area contributed by atoms with Crippen molar-refractivity contribution < 1.29 is 5.11 Å². The summed E-state index contributed by atoms with van der Waals surface area (Å²) in [4.78, 5) is 0. The van der Waals surface area contributed by atoms with E-state index in [-0.39, 0.29) is 0 Å². The van der Waals surface area contributed by atoms with E-state index in [0.29, 0.717) is 12.0 Å². The normalized spacial score (nSPS) is 37.5. The van der Waals surface area contributed by atoms with E-state index in [1.807, 2.05) is 0 Å². The first-order valence-electron chi connectivity index (χ1n) is 5.11. The maximum Gasteiger partial charge on any atom is 0.0436 e. The second-order valence-corrected chi connectivity index (χ2v) is 4.68. The molecule has 2 rings (SSSR count). The molecule has 0 spiro atoms. The highest BCUT2D eigenvalue weighted by atomic mass is 16.3. The van der Waals surface area contributed by atoms with Gasteiger partial charge >= 0.3 is 0 Å². The van der Waals surface area contributed by atoms with Gasteiger partial charge in [-0.2, -0.15) is 0 Å². The zero-order valence-electron chi connectivity index (χ0n) is 7.63. The molecule has 0 aromatic rings. The molecule has 70 valence electrons. The Kier molecular flexibility index (Phi) is 2.13. The second kappa shape index (κ2) is 3.00. The molecule has 0 aromatic heterocycles. The Morgan fingerprint density at radius 3 is 2.17 bits per heavy atom. The fourth-order valence-corrected chi connectivity index (χ4v) is 3.08. The van der Waals surface area contributed by atoms with Crippen molar-refractivity contribution in [3.05, 3.63) is 0 Å². The van der Waals surface area contributed by atoms with E-state index in [9.17, 15) is 0 Å². The van der Waals surface area contributed by atoms with Crippen LogP contribution in [0.25, 0.3) is 0 Å². The van der Waals surface area contributed by atoms with E-state index in [1.165, 1.54) is 25.7 Å². The predicted molar refractivity (Wildman–Crippen MR) is 48.6 cm³/mol. The fourth-order valence-electron chi connectivity index (χ4n) is 3.08. The molecule has 2 nitrogen and oxygen atoms in total. The number of aliphatic hydroxyl groups excluding tert-OH is 1. The van der Waals surface area contributed by atoms with Crippen molar-refractivity contribution in [1.82, 2.24) is 0 Å². The number of nitrogens with two attached hydrogens (primary N) is 1. The summed E-state index contributed by atoms with van der Waals surface area (Å²) < 4.78 is 0. The van der Waals surface area contributed by atoms with Gasteiger partial charge in [-0.3, -0.25) is 0 Å². The van der Waals surface area contributed by atoms with Gasteiger partial charge in [0.25, 0.3) is 0 Å². The number of hydrogen-bond acceptors (Lipinski definition) is 2. The number of fused-ring (bicyclic) bond motifs is 1. The Morgan fingerprint density at radius 2 is 1.83 bits per heavy atom. The molecule has 2 heteroatoms. The molecule has 2 atom stereocenters. The molecule has 2 saturated carbocycles. The summed E-state index contributed by atoms with van der Waals surface area (Å²) in [5, 5.41) is 8.96. The van der Waals surface area contributed by atoms with Gasteiger partial charge in [0.2, 0.25) is 0 Å². The largest absolute Gasteiger partial charge is 0.396 e. The summed E-state index contributed by atoms with van der Waals surface area (Å²) in [6.45, 7) is 1.09. The third-order valence-corrected chi connectivity index (χ3v) is 4.04. The summed E-state index contributed by atoms with van der Waals surface area (Å²) in [5.74, 6) is 1.92. The van der Waals surface area contributed by atoms with Gasteiger partial charge in [-0.15, -0.1) is 0 Å². The molecule has 12 heavy (non-hydrogen) atoms. The molecule has 2 aliphatic rings. The van der Waals surface area contributed by atoms with Crippen molar-refractivity contribution in [2.75, 3.05) is 13.2 Å². The molecule has 0 amide bonds. The van der Waals surface area contributed by atoms with Crippen LogP contribution < -0.4 is 5.73 Å². The SMILES string of the molecule is NCC1(CCO)C[C@H]2CC[C@@H]2C1. The molecule has 0 heterocycles. The van der Waals surface area contributed by atoms with Gasteiger partial charge in [0, 0.05) is 6.61 Å². The fraction of sp³-hybridized carbons (Fsp3) is 1.00. The van der Waals surface area contributed by atoms with Crippen LogP contribution in [0.1, 0.15) is 32.1 Å². The van der Waals surface area contributed by atoms with Crippen LogP contribution in [0.2, 0.25) is 0 Å². The van der Waals surface area contributed by atoms with Crippen molar-refractivity contribution in [1.29, 1.82) is 0 Å². The standard InChI is InChI=1S/C10H19NO/c11-7-10(3-4-12)5-8-1-2-9(8)6-10/h8-9,12H,1-7,11H2/t8-,9-/m1/s1. The monoisotopic (exact) mass is 169 g/mol. The van der Waals surface area contributed by atoms with E-state index < -0.39 is 0 Å². The second-order valence-electron chi connectivity index (χ2n) is 4.68. The van der Waals surface area contributed by atoms with Gasteiger partial charge in [0.15, 0.2) is 0 Å². The molecule has 0 aliphatic heterocycles. The smallest absolute Gasteiger partial charge is 0.0436 e. The Hall–Kier alpha value is -0.0800. The van der Waals surface area contributed by atoms with Crippen LogP contribution in [0, 0.1) is 17.3 Å². The van der Waals surface area contributed by atoms with E-state index in [1.54, 1.807) is 0 Å². The highest BCUT2D eigenvalue weighted by Gasteiger charge is 2.47. The summed E-state index contributed by atoms with van der Waals surface area (Å²) in [6.07, 6.45) is 6.33. The van der Waals surface area contributed by atoms with Gasteiger partial charge in [0.1, 0.15) is 0 Å². The first-order chi connectivity index (χ1) is 5.79. The molecule has 2 aliphatic carbocycles. The van der Waals surface area contributed by atoms with Gasteiger partial charge in [-0.25, -0.2) is 0 Å². The number of rotatable bonds is 3. The van der Waals surface area contributed by atoms with Gasteiger partial charge in [0.05, 0.1) is 0 Å². The highest BCUT2D eigenvalue weighted by molar-refractivity contribution is 4.99. The average Bonchev–Trinajstić information content (AvgIpc) is 2.30. The average molecular weight is 169 g/mol. The lowest BCUT2D eigenvalue weighted by molar-refractivity contribution is 0.186. The molecule has 3 N–H and O–H groups in total. The summed E-state index contributed by atoms with van der Waals surface area (Å²) >= 11 is 0. The quantitative estimate of drug-likeness (QED) is 0.665. The van der Waals surface area contributed by atoms with E-state index in [2.05, 4.69) is 0 Å². The summed E-state index contributed by atoms with van der Waals surface area (Å²) in [7, 11) is 0. The number of hydrogen-bond donors (Lipinski definition) is 2. The van der Waals surface area contributed by atoms with Crippen LogP contribution in [0.3, 0.4) is 0 Å². The summed E-state index contributed by atoms with van der Waals surface area (Å²) in [5.41, 5.74) is 6.12. The molecular formula is C10H19NO. The topological polar surface area (TPSA) is 46.2 Å². The maximum absolute atomic E-state index is 8.96. The zero-order chi connectivity index (χ0) is 8.60. The molecule has 0 saturated heterocycles. The Bertz CT molecular complexity index is 157. The summed E-state index contributed by atoms with van der Waals surface area (Å²) in [6, 6.07) is 0. The number of aliphatic hydroxyl groups is 1. The van der Waals surface area contributed by atoms with Gasteiger partial charge < -0.3 is 10.8 Å². The minimum absolute atomic E-state index is 0.316. The first-order valence-corrected chi connectivity index (χ1v) is 5.11. The maximum atomic E-state index is 8.96. The van der Waals surface area contributed by atoms with E-state index in [0.717, 1.165) is 24.8 Å². The molecule has 0 bridgehead atoms. The Balaban J connectivity index is 1.99. The van der Waals surface area contributed by atoms with Crippen molar-refractivity contribution in [2.45, 2.75) is 32.1 Å². The lowest BCUT2D eigenvalue weighted by Gasteiger charge is -2.29. The lowest BCUT2D eigenvalue weighted by Crippen LogP contribution is -2.28. The zero-order valence-corrected chi connectivity index (χ0v) is 7.63. The molecule has 0 unspecified atom stereocenters. The van der Waals surface area contributed by atoms with E-state index >= 15 is 0 Å². The predicted octanol–water partition coefficient (Wildman–Crippen LogP) is 1.13. The highest BCUT2D eigenvalue weighted by Crippen LogP contribution is 2.56. The Labute approximate surface area is 74.1 Å². The third-order valence-electron chi connectivity index (χ3n) is 4.04. The van der Waals surface area contributed by atoms with Crippen molar-refractivity contribution >= 4 is 0 Å². The molecule has 2 fully saturated rings. The molecule has 0 radical (unpaired) electrons. The first kappa shape index (κ1) is 8.52. The van der Waals surface area contributed by atoms with Crippen LogP contribution in [-0.4, -0.2) is 18.3 Å².